The van der Waals surface area contributed by atoms with E-state index in [2.05, 4.69) is 5.32 Å². The largest absolute Gasteiger partial charge is 0.494 e. The lowest BCUT2D eigenvalue weighted by atomic mass is 10.1. The minimum absolute atomic E-state index is 0.00742. The Kier molecular flexibility index (Phi) is 6.48. The first-order chi connectivity index (χ1) is 12.8. The van der Waals surface area contributed by atoms with Crippen molar-refractivity contribution in [3.8, 4) is 5.75 Å². The molecule has 1 N–H and O–H groups in total. The Morgan fingerprint density at radius 2 is 1.85 bits per heavy atom. The molecule has 142 valence electrons. The quantitative estimate of drug-likeness (QED) is 0.453. The van der Waals surface area contributed by atoms with Crippen LogP contribution in [0.4, 0.5) is 11.4 Å². The second-order valence-corrected chi connectivity index (χ2v) is 5.75. The smallest absolute Gasteiger partial charge is 0.339 e. The fraction of sp³-hybridized carbons (Fsp3) is 0.263. The van der Waals surface area contributed by atoms with Gasteiger partial charge in [-0.2, -0.15) is 0 Å². The maximum atomic E-state index is 12.2. The monoisotopic (exact) mass is 372 g/mol. The second-order valence-electron chi connectivity index (χ2n) is 5.75. The Morgan fingerprint density at radius 3 is 2.44 bits per heavy atom. The van der Waals surface area contributed by atoms with Gasteiger partial charge in [-0.3, -0.25) is 14.9 Å². The summed E-state index contributed by atoms with van der Waals surface area (Å²) in [5, 5.41) is 13.6. The Hall–Kier alpha value is -3.42. The lowest BCUT2D eigenvalue weighted by molar-refractivity contribution is -0.385. The third-order valence-corrected chi connectivity index (χ3v) is 3.73. The van der Waals surface area contributed by atoms with Gasteiger partial charge in [-0.1, -0.05) is 6.07 Å². The van der Waals surface area contributed by atoms with E-state index in [-0.39, 0.29) is 11.3 Å². The third kappa shape index (κ3) is 5.27. The molecule has 0 saturated carbocycles. The van der Waals surface area contributed by atoms with Crippen molar-refractivity contribution < 1.29 is 24.0 Å². The maximum absolute atomic E-state index is 12.2. The Bertz CT molecular complexity index is 848. The van der Waals surface area contributed by atoms with E-state index >= 15 is 0 Å². The summed E-state index contributed by atoms with van der Waals surface area (Å²) in [6.45, 7) is 5.40. The minimum atomic E-state index is -1.08. The minimum Gasteiger partial charge on any atom is -0.494 e. The summed E-state index contributed by atoms with van der Waals surface area (Å²) in [5.41, 5.74) is 0.777. The predicted octanol–water partition coefficient (Wildman–Crippen LogP) is 3.49. The number of carbonyl (C=O) groups is 2. The van der Waals surface area contributed by atoms with Gasteiger partial charge in [0.15, 0.2) is 6.10 Å². The van der Waals surface area contributed by atoms with Gasteiger partial charge in [0.1, 0.15) is 5.75 Å². The molecule has 0 fully saturated rings. The van der Waals surface area contributed by atoms with Crippen molar-refractivity contribution in [2.45, 2.75) is 26.9 Å². The van der Waals surface area contributed by atoms with Crippen molar-refractivity contribution in [1.82, 2.24) is 0 Å². The predicted molar refractivity (Wildman–Crippen MR) is 99.0 cm³/mol. The zero-order valence-electron chi connectivity index (χ0n) is 15.2. The molecule has 0 unspecified atom stereocenters. The fourth-order valence-electron chi connectivity index (χ4n) is 2.26. The highest BCUT2D eigenvalue weighted by molar-refractivity contribution is 5.97. The molecule has 8 heteroatoms. The number of hydrogen-bond donors (Lipinski definition) is 1. The van der Waals surface area contributed by atoms with Crippen molar-refractivity contribution in [1.29, 1.82) is 0 Å². The molecule has 1 amide bonds. The number of hydrogen-bond acceptors (Lipinski definition) is 6. The molecule has 8 nitrogen and oxygen atoms in total. The number of esters is 1. The van der Waals surface area contributed by atoms with E-state index in [1.165, 1.54) is 19.1 Å². The first kappa shape index (κ1) is 19.9. The van der Waals surface area contributed by atoms with Crippen LogP contribution in [0.2, 0.25) is 0 Å². The molecule has 0 bridgehead atoms. The van der Waals surface area contributed by atoms with E-state index in [0.717, 1.165) is 6.07 Å². The summed E-state index contributed by atoms with van der Waals surface area (Å²) in [6, 6.07) is 10.8. The Morgan fingerprint density at radius 1 is 1.19 bits per heavy atom. The zero-order valence-corrected chi connectivity index (χ0v) is 15.2. The first-order valence-corrected chi connectivity index (χ1v) is 8.31. The van der Waals surface area contributed by atoms with Gasteiger partial charge in [0.05, 0.1) is 17.1 Å². The number of anilines is 1. The van der Waals surface area contributed by atoms with E-state index in [9.17, 15) is 19.7 Å². The first-order valence-electron chi connectivity index (χ1n) is 8.31. The summed E-state index contributed by atoms with van der Waals surface area (Å²) in [5.74, 6) is -0.655. The molecule has 27 heavy (non-hydrogen) atoms. The molecular weight excluding hydrogens is 352 g/mol. The zero-order chi connectivity index (χ0) is 20.0. The van der Waals surface area contributed by atoms with Gasteiger partial charge in [-0.05, 0) is 51.1 Å². The van der Waals surface area contributed by atoms with E-state index in [0.29, 0.717) is 23.6 Å². The van der Waals surface area contributed by atoms with Crippen LogP contribution in [0, 0.1) is 17.0 Å². The van der Waals surface area contributed by atoms with Gasteiger partial charge >= 0.3 is 5.97 Å². The number of aryl methyl sites for hydroxylation is 1. The maximum Gasteiger partial charge on any atom is 0.339 e. The molecule has 0 heterocycles. The van der Waals surface area contributed by atoms with Crippen molar-refractivity contribution in [3.05, 3.63) is 63.7 Å². The number of nitro benzene ring substituents is 1. The number of benzene rings is 2. The van der Waals surface area contributed by atoms with Crippen LogP contribution in [-0.2, 0) is 9.53 Å². The average molecular weight is 372 g/mol. The second kappa shape index (κ2) is 8.79. The van der Waals surface area contributed by atoms with Gasteiger partial charge in [0, 0.05) is 17.3 Å². The van der Waals surface area contributed by atoms with Gasteiger partial charge in [0.25, 0.3) is 11.6 Å². The van der Waals surface area contributed by atoms with Crippen molar-refractivity contribution in [3.63, 3.8) is 0 Å². The standard InChI is InChI=1S/C19H20N2O6/c1-4-26-16-9-7-15(8-10-16)20-18(22)13(3)27-19(23)14-6-5-12(2)17(11-14)21(24)25/h5-11,13H,4H2,1-3H3,(H,20,22)/t13-/m1/s1. The van der Waals surface area contributed by atoms with Crippen LogP contribution in [0.3, 0.4) is 0 Å². The van der Waals surface area contributed by atoms with Gasteiger partial charge in [-0.15, -0.1) is 0 Å². The van der Waals surface area contributed by atoms with Crippen molar-refractivity contribution in [2.24, 2.45) is 0 Å². The van der Waals surface area contributed by atoms with Gasteiger partial charge in [0.2, 0.25) is 0 Å². The molecule has 0 radical (unpaired) electrons. The summed E-state index contributed by atoms with van der Waals surface area (Å²) >= 11 is 0. The molecule has 0 aliphatic heterocycles. The Balaban J connectivity index is 2.00. The van der Waals surface area contributed by atoms with Crippen molar-refractivity contribution in [2.75, 3.05) is 11.9 Å². The van der Waals surface area contributed by atoms with E-state index < -0.39 is 22.9 Å². The highest BCUT2D eigenvalue weighted by Crippen LogP contribution is 2.20. The number of nitro groups is 1. The molecule has 2 aromatic rings. The van der Waals surface area contributed by atoms with E-state index in [1.807, 2.05) is 6.92 Å². The van der Waals surface area contributed by atoms with E-state index in [4.69, 9.17) is 9.47 Å². The van der Waals surface area contributed by atoms with Crippen LogP contribution in [0.1, 0.15) is 29.8 Å². The van der Waals surface area contributed by atoms with Crippen LogP contribution < -0.4 is 10.1 Å². The Labute approximate surface area is 156 Å². The number of carbonyl (C=O) groups excluding carboxylic acids is 2. The number of ether oxygens (including phenoxy) is 2. The summed E-state index contributed by atoms with van der Waals surface area (Å²) in [4.78, 5) is 34.8. The molecule has 2 rings (SSSR count). The van der Waals surface area contributed by atoms with Crippen molar-refractivity contribution >= 4 is 23.3 Å². The lowest BCUT2D eigenvalue weighted by Gasteiger charge is -2.14. The lowest BCUT2D eigenvalue weighted by Crippen LogP contribution is -2.30. The molecule has 0 saturated heterocycles. The fourth-order valence-corrected chi connectivity index (χ4v) is 2.26. The van der Waals surface area contributed by atoms with Crippen LogP contribution >= 0.6 is 0 Å². The highest BCUT2D eigenvalue weighted by atomic mass is 16.6. The number of rotatable bonds is 7. The van der Waals surface area contributed by atoms with Crippen LogP contribution in [0.5, 0.6) is 5.75 Å². The molecule has 1 atom stereocenters. The van der Waals surface area contributed by atoms with Crippen LogP contribution in [0.25, 0.3) is 0 Å². The molecule has 0 aromatic heterocycles. The third-order valence-electron chi connectivity index (χ3n) is 3.73. The average Bonchev–Trinajstić information content (AvgIpc) is 2.63. The summed E-state index contributed by atoms with van der Waals surface area (Å²) in [7, 11) is 0. The molecule has 0 spiro atoms. The molecule has 0 aliphatic rings. The van der Waals surface area contributed by atoms with Gasteiger partial charge < -0.3 is 14.8 Å². The molecule has 2 aromatic carbocycles. The normalized spacial score (nSPS) is 11.4. The molecule has 0 aliphatic carbocycles. The number of nitrogens with one attached hydrogen (secondary N) is 1. The number of nitrogens with zero attached hydrogens (tertiary/aromatic N) is 1. The van der Waals surface area contributed by atoms with Crippen LogP contribution in [0.15, 0.2) is 42.5 Å². The van der Waals surface area contributed by atoms with Gasteiger partial charge in [-0.25, -0.2) is 4.79 Å². The topological polar surface area (TPSA) is 108 Å². The highest BCUT2D eigenvalue weighted by Gasteiger charge is 2.21. The SMILES string of the molecule is CCOc1ccc(NC(=O)[C@@H](C)OC(=O)c2ccc(C)c([N+](=O)[O-])c2)cc1. The van der Waals surface area contributed by atoms with E-state index in [1.54, 1.807) is 31.2 Å². The summed E-state index contributed by atoms with van der Waals surface area (Å²) < 4.78 is 10.4. The summed E-state index contributed by atoms with van der Waals surface area (Å²) in [6.07, 6.45) is -1.08. The number of amides is 1. The van der Waals surface area contributed by atoms with Crippen LogP contribution in [-0.4, -0.2) is 29.5 Å². The molecular formula is C19H20N2O6.